The van der Waals surface area contributed by atoms with E-state index in [0.29, 0.717) is 60.6 Å². The molecule has 2 fully saturated rings. The first-order valence-electron chi connectivity index (χ1n) is 13.3. The average Bonchev–Trinajstić information content (AvgIpc) is 3.24. The second-order valence-corrected chi connectivity index (χ2v) is 10.8. The molecule has 3 aliphatic heterocycles. The number of rotatable bonds is 7. The molecule has 0 radical (unpaired) electrons. The maximum Gasteiger partial charge on any atom is 0.407 e. The second-order valence-electron chi connectivity index (χ2n) is 10.4. The number of nitrogens with zero attached hydrogens (tertiary/aromatic N) is 4. The van der Waals surface area contributed by atoms with Gasteiger partial charge < -0.3 is 30.3 Å². The van der Waals surface area contributed by atoms with Gasteiger partial charge in [-0.2, -0.15) is 0 Å². The van der Waals surface area contributed by atoms with Gasteiger partial charge in [0.05, 0.1) is 16.9 Å². The number of nitrogens with one attached hydrogen (secondary N) is 2. The number of hydrogen-bond donors (Lipinski definition) is 3. The Morgan fingerprint density at radius 2 is 2.05 bits per heavy atom. The van der Waals surface area contributed by atoms with Crippen molar-refractivity contribution < 1.29 is 24.2 Å². The number of carbonyl (C=O) groups excluding carboxylic acids is 2. The third-order valence-electron chi connectivity index (χ3n) is 7.72. The summed E-state index contributed by atoms with van der Waals surface area (Å²) < 4.78 is 5.41. The first-order chi connectivity index (χ1) is 18.8. The number of fused-ring (bicyclic) bond motifs is 1. The van der Waals surface area contributed by atoms with E-state index < -0.39 is 6.09 Å². The minimum absolute atomic E-state index is 0.0382. The van der Waals surface area contributed by atoms with Crippen LogP contribution in [0.15, 0.2) is 24.4 Å². The summed E-state index contributed by atoms with van der Waals surface area (Å²) in [7, 11) is 0. The zero-order valence-electron chi connectivity index (χ0n) is 21.9. The van der Waals surface area contributed by atoms with Gasteiger partial charge in [-0.3, -0.25) is 9.59 Å². The van der Waals surface area contributed by atoms with Crippen LogP contribution in [-0.4, -0.2) is 87.7 Å². The van der Waals surface area contributed by atoms with E-state index >= 15 is 0 Å². The van der Waals surface area contributed by atoms with E-state index in [1.54, 1.807) is 12.3 Å². The highest BCUT2D eigenvalue weighted by Gasteiger charge is 2.32. The molecule has 2 saturated heterocycles. The second kappa shape index (κ2) is 11.7. The smallest absolute Gasteiger partial charge is 0.407 e. The van der Waals surface area contributed by atoms with Crippen LogP contribution in [0.3, 0.4) is 0 Å². The number of likely N-dealkylation sites (tertiary alicyclic amines) is 1. The molecule has 11 nitrogen and oxygen atoms in total. The molecule has 208 valence electrons. The zero-order chi connectivity index (χ0) is 27.5. The highest BCUT2D eigenvalue weighted by Crippen LogP contribution is 2.32. The average molecular weight is 557 g/mol. The van der Waals surface area contributed by atoms with Crippen molar-refractivity contribution in [3.63, 3.8) is 0 Å². The Morgan fingerprint density at radius 1 is 1.26 bits per heavy atom. The first-order valence-corrected chi connectivity index (χ1v) is 13.7. The van der Waals surface area contributed by atoms with Crippen LogP contribution in [0.1, 0.15) is 48.5 Å². The van der Waals surface area contributed by atoms with E-state index in [1.165, 1.54) is 9.80 Å². The summed E-state index contributed by atoms with van der Waals surface area (Å²) in [5, 5.41) is 16.0. The molecule has 2 aromatic rings. The van der Waals surface area contributed by atoms with Crippen molar-refractivity contribution in [3.8, 4) is 11.3 Å². The van der Waals surface area contributed by atoms with Gasteiger partial charge in [-0.15, -0.1) is 0 Å². The molecular formula is C27H33ClN6O5. The predicted molar refractivity (Wildman–Crippen MR) is 145 cm³/mol. The molecule has 0 bridgehead atoms. The number of piperidine rings is 1. The molecule has 1 aromatic carbocycles. The van der Waals surface area contributed by atoms with E-state index in [9.17, 15) is 19.5 Å². The molecule has 2 atom stereocenters. The molecule has 3 N–H and O–H groups in total. The van der Waals surface area contributed by atoms with Crippen molar-refractivity contribution >= 4 is 35.5 Å². The fourth-order valence-corrected chi connectivity index (χ4v) is 5.68. The van der Waals surface area contributed by atoms with Crippen molar-refractivity contribution in [3.05, 3.63) is 40.5 Å². The van der Waals surface area contributed by atoms with Gasteiger partial charge in [0, 0.05) is 56.1 Å². The first kappa shape index (κ1) is 27.1. The summed E-state index contributed by atoms with van der Waals surface area (Å²) in [5.74, 6) is 0.0235. The molecule has 12 heteroatoms. The lowest BCUT2D eigenvalue weighted by Gasteiger charge is -2.34. The summed E-state index contributed by atoms with van der Waals surface area (Å²) >= 11 is 6.44. The summed E-state index contributed by atoms with van der Waals surface area (Å²) in [5.41, 5.74) is 2.58. The van der Waals surface area contributed by atoms with Crippen LogP contribution in [-0.2, 0) is 16.1 Å². The molecule has 0 spiro atoms. The Labute approximate surface area is 231 Å². The third kappa shape index (κ3) is 6.25. The lowest BCUT2D eigenvalue weighted by molar-refractivity contribution is -0.122. The number of carbonyl (C=O) groups is 3. The summed E-state index contributed by atoms with van der Waals surface area (Å²) in [6, 6.07) is 5.55. The minimum Gasteiger partial charge on any atom is -0.465 e. The van der Waals surface area contributed by atoms with E-state index in [2.05, 4.69) is 20.6 Å². The van der Waals surface area contributed by atoms with Crippen LogP contribution in [0, 0.1) is 5.92 Å². The molecule has 0 aliphatic carbocycles. The van der Waals surface area contributed by atoms with Gasteiger partial charge in [0.1, 0.15) is 6.54 Å². The number of anilines is 1. The normalized spacial score (nSPS) is 20.5. The molecular weight excluding hydrogens is 524 g/mol. The maximum absolute atomic E-state index is 13.2. The predicted octanol–water partition coefficient (Wildman–Crippen LogP) is 3.24. The van der Waals surface area contributed by atoms with E-state index in [4.69, 9.17) is 16.3 Å². The summed E-state index contributed by atoms with van der Waals surface area (Å²) in [4.78, 5) is 49.2. The minimum atomic E-state index is -0.937. The number of carboxylic acid groups (broad SMARTS) is 1. The Balaban J connectivity index is 1.22. The fraction of sp³-hybridized carbons (Fsp3) is 0.519. The lowest BCUT2D eigenvalue weighted by Crippen LogP contribution is -2.49. The molecule has 0 saturated carbocycles. The third-order valence-corrected chi connectivity index (χ3v) is 8.00. The molecule has 3 amide bonds. The lowest BCUT2D eigenvalue weighted by atomic mass is 9.92. The van der Waals surface area contributed by atoms with E-state index in [0.717, 1.165) is 31.2 Å². The van der Waals surface area contributed by atoms with Crippen LogP contribution in [0.5, 0.6) is 0 Å². The Kier molecular flexibility index (Phi) is 8.18. The van der Waals surface area contributed by atoms with Gasteiger partial charge in [-0.1, -0.05) is 23.7 Å². The number of hydrogen-bond acceptors (Lipinski definition) is 7. The number of benzene rings is 1. The van der Waals surface area contributed by atoms with Crippen LogP contribution in [0.25, 0.3) is 11.3 Å². The van der Waals surface area contributed by atoms with Crippen LogP contribution in [0.4, 0.5) is 10.7 Å². The van der Waals surface area contributed by atoms with Gasteiger partial charge >= 0.3 is 6.09 Å². The Morgan fingerprint density at radius 3 is 2.82 bits per heavy atom. The van der Waals surface area contributed by atoms with Crippen molar-refractivity contribution in [2.45, 2.75) is 51.2 Å². The van der Waals surface area contributed by atoms with Gasteiger partial charge in [0.25, 0.3) is 5.91 Å². The molecule has 1 unspecified atom stereocenters. The van der Waals surface area contributed by atoms with Gasteiger partial charge in [-0.05, 0) is 50.2 Å². The van der Waals surface area contributed by atoms with Gasteiger partial charge in [0.2, 0.25) is 11.9 Å². The standard InChI is InChI=1S/C27H33ClN6O5/c1-16(18-3-2-8-33(13-18)27(37)38)30-23(35)15-34-14-19-5-4-17(11-21(19)25(34)36)24-22(28)12-29-26(32-24)31-20-6-9-39-10-7-20/h4-5,11-12,16,18,20H,2-3,6-10,13-15H2,1H3,(H,30,35)(H,37,38)(H,29,31,32)/t16-,18?/m1/s1. The van der Waals surface area contributed by atoms with Crippen molar-refractivity contribution in [2.24, 2.45) is 5.92 Å². The Hall–Kier alpha value is -3.44. The topological polar surface area (TPSA) is 137 Å². The number of halogens is 1. The van der Waals surface area contributed by atoms with Crippen molar-refractivity contribution in [2.75, 3.05) is 38.2 Å². The zero-order valence-corrected chi connectivity index (χ0v) is 22.6. The highest BCUT2D eigenvalue weighted by atomic mass is 35.5. The Bertz CT molecular complexity index is 1250. The highest BCUT2D eigenvalue weighted by molar-refractivity contribution is 6.33. The largest absolute Gasteiger partial charge is 0.465 e. The summed E-state index contributed by atoms with van der Waals surface area (Å²) in [6.45, 7) is 4.45. The number of aromatic nitrogens is 2. The fourth-order valence-electron chi connectivity index (χ4n) is 5.48. The van der Waals surface area contributed by atoms with E-state index in [-0.39, 0.29) is 36.4 Å². The molecule has 4 heterocycles. The molecule has 5 rings (SSSR count). The van der Waals surface area contributed by atoms with Gasteiger partial charge in [-0.25, -0.2) is 14.8 Å². The molecule has 39 heavy (non-hydrogen) atoms. The quantitative estimate of drug-likeness (QED) is 0.473. The summed E-state index contributed by atoms with van der Waals surface area (Å²) in [6.07, 6.45) is 3.98. The van der Waals surface area contributed by atoms with Crippen LogP contribution < -0.4 is 10.6 Å². The van der Waals surface area contributed by atoms with E-state index in [1.807, 2.05) is 19.1 Å². The number of amides is 3. The van der Waals surface area contributed by atoms with Gasteiger partial charge in [0.15, 0.2) is 0 Å². The number of ether oxygens (including phenoxy) is 1. The van der Waals surface area contributed by atoms with Crippen molar-refractivity contribution in [1.82, 2.24) is 25.1 Å². The maximum atomic E-state index is 13.2. The molecule has 1 aromatic heterocycles. The monoisotopic (exact) mass is 556 g/mol. The van der Waals surface area contributed by atoms with Crippen LogP contribution >= 0.6 is 11.6 Å². The SMILES string of the molecule is C[C@@H](NC(=O)CN1Cc2ccc(-c3nc(NC4CCOCC4)ncc3Cl)cc2C1=O)C1CCCN(C(=O)O)C1. The van der Waals surface area contributed by atoms with Crippen LogP contribution in [0.2, 0.25) is 5.02 Å². The molecule has 3 aliphatic rings. The van der Waals surface area contributed by atoms with Crippen molar-refractivity contribution in [1.29, 1.82) is 0 Å².